The van der Waals surface area contributed by atoms with Gasteiger partial charge in [-0.3, -0.25) is 9.59 Å². The third-order valence-electron chi connectivity index (χ3n) is 6.56. The van der Waals surface area contributed by atoms with Crippen molar-refractivity contribution in [1.82, 2.24) is 9.80 Å². The Morgan fingerprint density at radius 1 is 1.12 bits per heavy atom. The molecule has 1 saturated carbocycles. The molecule has 3 aliphatic rings. The van der Waals surface area contributed by atoms with Gasteiger partial charge in [-0.15, -0.1) is 0 Å². The highest BCUT2D eigenvalue weighted by molar-refractivity contribution is 5.89. The van der Waals surface area contributed by atoms with E-state index in [1.54, 1.807) is 0 Å². The summed E-state index contributed by atoms with van der Waals surface area (Å²) in [4.78, 5) is 29.6. The van der Waals surface area contributed by atoms with Gasteiger partial charge in [-0.25, -0.2) is 0 Å². The van der Waals surface area contributed by atoms with Gasteiger partial charge in [0, 0.05) is 32.1 Å². The van der Waals surface area contributed by atoms with Crippen LogP contribution in [0.25, 0.3) is 0 Å². The molecule has 0 radical (unpaired) electrons. The van der Waals surface area contributed by atoms with Crippen molar-refractivity contribution in [3.8, 4) is 0 Å². The minimum absolute atomic E-state index is 0.0966. The largest absolute Gasteiger partial charge is 0.342 e. The lowest BCUT2D eigenvalue weighted by atomic mass is 9.73. The summed E-state index contributed by atoms with van der Waals surface area (Å²) in [5, 5.41) is 0. The number of likely N-dealkylation sites (tertiary alicyclic amines) is 2. The second-order valence-corrected chi connectivity index (χ2v) is 8.73. The summed E-state index contributed by atoms with van der Waals surface area (Å²) in [7, 11) is 0. The molecule has 4 nitrogen and oxygen atoms in total. The minimum Gasteiger partial charge on any atom is -0.342 e. The maximum Gasteiger partial charge on any atom is 0.227 e. The zero-order chi connectivity index (χ0) is 17.3. The molecule has 0 N–H and O–H groups in total. The van der Waals surface area contributed by atoms with Gasteiger partial charge >= 0.3 is 0 Å². The lowest BCUT2D eigenvalue weighted by Crippen LogP contribution is -2.47. The summed E-state index contributed by atoms with van der Waals surface area (Å²) in [6.45, 7) is 9.31. The first-order chi connectivity index (χ1) is 11.5. The summed E-state index contributed by atoms with van der Waals surface area (Å²) < 4.78 is 0. The van der Waals surface area contributed by atoms with Crippen molar-refractivity contribution in [3.05, 3.63) is 0 Å². The van der Waals surface area contributed by atoms with Crippen molar-refractivity contribution >= 4 is 11.8 Å². The Morgan fingerprint density at radius 3 is 2.50 bits per heavy atom. The van der Waals surface area contributed by atoms with E-state index < -0.39 is 0 Å². The molecule has 1 aliphatic carbocycles. The highest BCUT2D eigenvalue weighted by Crippen LogP contribution is 2.39. The molecule has 2 amide bonds. The van der Waals surface area contributed by atoms with Crippen LogP contribution in [0.5, 0.6) is 0 Å². The minimum atomic E-state index is -0.0966. The predicted molar refractivity (Wildman–Crippen MR) is 95.4 cm³/mol. The Hall–Kier alpha value is -1.06. The number of rotatable bonds is 3. The molecular weight excluding hydrogens is 300 g/mol. The van der Waals surface area contributed by atoms with Crippen LogP contribution in [0.4, 0.5) is 0 Å². The van der Waals surface area contributed by atoms with Crippen LogP contribution < -0.4 is 0 Å². The van der Waals surface area contributed by atoms with Gasteiger partial charge in [-0.2, -0.15) is 0 Å². The van der Waals surface area contributed by atoms with Gasteiger partial charge in [-0.05, 0) is 49.9 Å². The normalized spacial score (nSPS) is 34.9. The summed E-state index contributed by atoms with van der Waals surface area (Å²) in [6.07, 6.45) is 7.51. The van der Waals surface area contributed by atoms with Gasteiger partial charge in [0.2, 0.25) is 11.8 Å². The Labute approximate surface area is 146 Å². The van der Waals surface area contributed by atoms with Gasteiger partial charge in [0.05, 0.1) is 5.92 Å². The van der Waals surface area contributed by atoms with E-state index in [1.807, 2.05) is 4.90 Å². The van der Waals surface area contributed by atoms with Crippen LogP contribution in [0.2, 0.25) is 0 Å². The first-order valence-corrected chi connectivity index (χ1v) is 10.1. The van der Waals surface area contributed by atoms with E-state index in [0.29, 0.717) is 36.8 Å². The van der Waals surface area contributed by atoms with Gasteiger partial charge < -0.3 is 9.80 Å². The van der Waals surface area contributed by atoms with Crippen molar-refractivity contribution in [2.45, 2.75) is 71.8 Å². The second-order valence-electron chi connectivity index (χ2n) is 8.73. The molecule has 0 aromatic heterocycles. The van der Waals surface area contributed by atoms with Gasteiger partial charge in [-0.1, -0.05) is 27.2 Å². The average molecular weight is 335 g/mol. The van der Waals surface area contributed by atoms with Crippen molar-refractivity contribution in [2.24, 2.45) is 23.7 Å². The van der Waals surface area contributed by atoms with Crippen LogP contribution in [0, 0.1) is 23.7 Å². The molecule has 0 aromatic carbocycles. The zero-order valence-corrected chi connectivity index (χ0v) is 15.7. The average Bonchev–Trinajstić information content (AvgIpc) is 2.96. The van der Waals surface area contributed by atoms with Gasteiger partial charge in [0.15, 0.2) is 0 Å². The summed E-state index contributed by atoms with van der Waals surface area (Å²) in [5.74, 6) is 2.24. The van der Waals surface area contributed by atoms with E-state index in [1.165, 1.54) is 19.3 Å². The summed E-state index contributed by atoms with van der Waals surface area (Å²) in [6, 6.07) is 0.348. The molecule has 136 valence electrons. The molecule has 0 bridgehead atoms. The molecular formula is C20H34N2O2. The van der Waals surface area contributed by atoms with Crippen LogP contribution in [0.15, 0.2) is 0 Å². The van der Waals surface area contributed by atoms with E-state index in [0.717, 1.165) is 32.4 Å². The smallest absolute Gasteiger partial charge is 0.227 e. The van der Waals surface area contributed by atoms with E-state index in [2.05, 4.69) is 25.7 Å². The molecule has 0 aromatic rings. The molecule has 2 heterocycles. The number of nitrogens with zero attached hydrogens (tertiary/aromatic N) is 2. The van der Waals surface area contributed by atoms with Crippen LogP contribution in [0.1, 0.15) is 65.7 Å². The second kappa shape index (κ2) is 7.45. The van der Waals surface area contributed by atoms with Crippen molar-refractivity contribution in [2.75, 3.05) is 19.6 Å². The van der Waals surface area contributed by atoms with E-state index in [4.69, 9.17) is 0 Å². The summed E-state index contributed by atoms with van der Waals surface area (Å²) in [5.41, 5.74) is 0. The topological polar surface area (TPSA) is 40.6 Å². The number of carbonyl (C=O) groups excluding carboxylic acids is 2. The Balaban J connectivity index is 1.67. The predicted octanol–water partition coefficient (Wildman–Crippen LogP) is 3.31. The fourth-order valence-electron chi connectivity index (χ4n) is 5.10. The number of amides is 2. The zero-order valence-electron chi connectivity index (χ0n) is 15.7. The first-order valence-electron chi connectivity index (χ1n) is 10.1. The third-order valence-corrected chi connectivity index (χ3v) is 6.56. The molecule has 4 atom stereocenters. The maximum absolute atomic E-state index is 12.8. The van der Waals surface area contributed by atoms with E-state index >= 15 is 0 Å². The number of hydrogen-bond acceptors (Lipinski definition) is 2. The number of piperidine rings is 1. The van der Waals surface area contributed by atoms with Crippen LogP contribution >= 0.6 is 0 Å². The lowest BCUT2D eigenvalue weighted by molar-refractivity contribution is -0.136. The third kappa shape index (κ3) is 3.62. The maximum atomic E-state index is 12.8. The van der Waals surface area contributed by atoms with Crippen molar-refractivity contribution in [3.63, 3.8) is 0 Å². The number of hydrogen-bond donors (Lipinski definition) is 0. The van der Waals surface area contributed by atoms with Crippen molar-refractivity contribution < 1.29 is 9.59 Å². The molecule has 2 saturated heterocycles. The Bertz CT molecular complexity index is 470. The standard InChI is InChI=1S/C20H34N2O2/c1-14(2)17-8-7-15(3)11-18(17)22-13-16(12-19(22)23)20(24)21-9-5-4-6-10-21/h14-18H,4-13H2,1-3H3. The molecule has 3 fully saturated rings. The first kappa shape index (κ1) is 17.8. The lowest BCUT2D eigenvalue weighted by Gasteiger charge is -2.42. The fraction of sp³-hybridized carbons (Fsp3) is 0.900. The van der Waals surface area contributed by atoms with Crippen LogP contribution in [0.3, 0.4) is 0 Å². The Kier molecular flexibility index (Phi) is 5.51. The van der Waals surface area contributed by atoms with Gasteiger partial charge in [0.25, 0.3) is 0 Å². The Morgan fingerprint density at radius 2 is 1.83 bits per heavy atom. The van der Waals surface area contributed by atoms with E-state index in [9.17, 15) is 9.59 Å². The fourth-order valence-corrected chi connectivity index (χ4v) is 5.10. The highest BCUT2D eigenvalue weighted by atomic mass is 16.2. The van der Waals surface area contributed by atoms with Gasteiger partial charge in [0.1, 0.15) is 0 Å². The number of carbonyl (C=O) groups is 2. The van der Waals surface area contributed by atoms with Crippen LogP contribution in [-0.2, 0) is 9.59 Å². The molecule has 4 unspecified atom stereocenters. The highest BCUT2D eigenvalue weighted by Gasteiger charge is 2.43. The molecule has 0 spiro atoms. The quantitative estimate of drug-likeness (QED) is 0.794. The SMILES string of the molecule is CC1CCC(C(C)C)C(N2CC(C(=O)N3CCCCC3)CC2=O)C1. The molecule has 3 rings (SSSR count). The molecule has 2 aliphatic heterocycles. The van der Waals surface area contributed by atoms with Crippen molar-refractivity contribution in [1.29, 1.82) is 0 Å². The van der Waals surface area contributed by atoms with E-state index in [-0.39, 0.29) is 17.7 Å². The van der Waals surface area contributed by atoms with Crippen LogP contribution in [-0.4, -0.2) is 47.3 Å². The molecule has 4 heteroatoms. The summed E-state index contributed by atoms with van der Waals surface area (Å²) >= 11 is 0. The monoisotopic (exact) mass is 334 g/mol. The molecule has 24 heavy (non-hydrogen) atoms.